The summed E-state index contributed by atoms with van der Waals surface area (Å²) in [4.78, 5) is 4.60. The van der Waals surface area contributed by atoms with Gasteiger partial charge in [0.1, 0.15) is 0 Å². The molecule has 0 spiro atoms. The fourth-order valence-electron chi connectivity index (χ4n) is 1.80. The first-order valence-corrected chi connectivity index (χ1v) is 5.71. The van der Waals surface area contributed by atoms with Crippen LogP contribution in [0.1, 0.15) is 56.8 Å². The highest BCUT2D eigenvalue weighted by molar-refractivity contribution is 5.13. The lowest BCUT2D eigenvalue weighted by Gasteiger charge is -2.13. The largest absolute Gasteiger partial charge is 0.258 e. The zero-order valence-corrected chi connectivity index (χ0v) is 9.59. The van der Waals surface area contributed by atoms with Crippen molar-refractivity contribution in [3.05, 3.63) is 29.6 Å². The van der Waals surface area contributed by atoms with Gasteiger partial charge in [0.25, 0.3) is 0 Å². The molecular formula is C13H21N. The Kier molecular flexibility index (Phi) is 4.64. The topological polar surface area (TPSA) is 12.9 Å². The molecule has 0 aliphatic rings. The molecule has 1 aromatic heterocycles. The van der Waals surface area contributed by atoms with E-state index in [0.717, 1.165) is 5.69 Å². The molecule has 0 aromatic carbocycles. The zero-order valence-electron chi connectivity index (χ0n) is 9.59. The van der Waals surface area contributed by atoms with Gasteiger partial charge in [-0.2, -0.15) is 0 Å². The molecule has 14 heavy (non-hydrogen) atoms. The molecule has 1 aromatic rings. The lowest BCUT2D eigenvalue weighted by molar-refractivity contribution is 0.556. The average Bonchev–Trinajstić information content (AvgIpc) is 2.19. The van der Waals surface area contributed by atoms with Crippen molar-refractivity contribution in [3.63, 3.8) is 0 Å². The van der Waals surface area contributed by atoms with Crippen molar-refractivity contribution >= 4 is 0 Å². The monoisotopic (exact) mass is 191 g/mol. The molecule has 0 N–H and O–H groups in total. The maximum atomic E-state index is 4.60. The van der Waals surface area contributed by atoms with Crippen molar-refractivity contribution in [3.8, 4) is 0 Å². The van der Waals surface area contributed by atoms with Gasteiger partial charge in [0.05, 0.1) is 0 Å². The molecule has 78 valence electrons. The van der Waals surface area contributed by atoms with E-state index in [1.54, 1.807) is 0 Å². The number of nitrogens with zero attached hydrogens (tertiary/aromatic N) is 1. The molecule has 0 fully saturated rings. The predicted molar refractivity (Wildman–Crippen MR) is 61.5 cm³/mol. The summed E-state index contributed by atoms with van der Waals surface area (Å²) in [6.45, 7) is 6.57. The van der Waals surface area contributed by atoms with Crippen molar-refractivity contribution in [2.45, 2.75) is 52.4 Å². The van der Waals surface area contributed by atoms with Gasteiger partial charge >= 0.3 is 0 Å². The first-order chi connectivity index (χ1) is 6.77. The third-order valence-corrected chi connectivity index (χ3v) is 2.73. The van der Waals surface area contributed by atoms with Crippen molar-refractivity contribution in [2.24, 2.45) is 0 Å². The van der Waals surface area contributed by atoms with Crippen LogP contribution in [0.25, 0.3) is 0 Å². The number of hydrogen-bond donors (Lipinski definition) is 0. The van der Waals surface area contributed by atoms with E-state index in [-0.39, 0.29) is 0 Å². The summed E-state index contributed by atoms with van der Waals surface area (Å²) >= 11 is 0. The van der Waals surface area contributed by atoms with E-state index < -0.39 is 0 Å². The second-order valence-electron chi connectivity index (χ2n) is 3.95. The smallest absolute Gasteiger partial charge is 0.0437 e. The Balaban J connectivity index is 2.68. The minimum Gasteiger partial charge on any atom is -0.258 e. The molecule has 0 radical (unpaired) electrons. The minimum atomic E-state index is 0.662. The van der Waals surface area contributed by atoms with Crippen LogP contribution in [-0.4, -0.2) is 4.98 Å². The van der Waals surface area contributed by atoms with Gasteiger partial charge in [0.15, 0.2) is 0 Å². The van der Waals surface area contributed by atoms with Crippen LogP contribution in [0.15, 0.2) is 18.2 Å². The molecule has 0 aliphatic carbocycles. The van der Waals surface area contributed by atoms with E-state index in [0.29, 0.717) is 5.92 Å². The van der Waals surface area contributed by atoms with E-state index in [1.165, 1.54) is 31.4 Å². The van der Waals surface area contributed by atoms with Gasteiger partial charge in [0, 0.05) is 17.3 Å². The normalized spacial score (nSPS) is 12.8. The van der Waals surface area contributed by atoms with Crippen LogP contribution in [0.3, 0.4) is 0 Å². The van der Waals surface area contributed by atoms with Crippen LogP contribution in [0.5, 0.6) is 0 Å². The van der Waals surface area contributed by atoms with Gasteiger partial charge in [-0.15, -0.1) is 0 Å². The Morgan fingerprint density at radius 1 is 1.29 bits per heavy atom. The van der Waals surface area contributed by atoms with Gasteiger partial charge in [-0.3, -0.25) is 4.98 Å². The molecule has 1 heteroatoms. The summed E-state index contributed by atoms with van der Waals surface area (Å²) in [5.74, 6) is 0.662. The number of aryl methyl sites for hydroxylation is 1. The van der Waals surface area contributed by atoms with E-state index in [4.69, 9.17) is 0 Å². The molecule has 1 rings (SSSR count). The number of pyridine rings is 1. The maximum Gasteiger partial charge on any atom is 0.0437 e. The van der Waals surface area contributed by atoms with Gasteiger partial charge < -0.3 is 0 Å². The van der Waals surface area contributed by atoms with Gasteiger partial charge in [-0.25, -0.2) is 0 Å². The molecule has 0 amide bonds. The molecular weight excluding hydrogens is 170 g/mol. The Bertz CT molecular complexity index is 268. The average molecular weight is 191 g/mol. The third-order valence-electron chi connectivity index (χ3n) is 2.73. The molecule has 0 saturated carbocycles. The van der Waals surface area contributed by atoms with Crippen LogP contribution in [0.4, 0.5) is 0 Å². The second kappa shape index (κ2) is 5.79. The summed E-state index contributed by atoms with van der Waals surface area (Å²) in [7, 11) is 0. The molecule has 0 aliphatic heterocycles. The maximum absolute atomic E-state index is 4.60. The number of unbranched alkanes of at least 4 members (excludes halogenated alkanes) is 1. The standard InChI is InChI=1S/C13H21N/c1-4-6-9-12(5-2)13-10-7-8-11(3)14-13/h7-8,10,12H,4-6,9H2,1-3H3. The minimum absolute atomic E-state index is 0.662. The summed E-state index contributed by atoms with van der Waals surface area (Å²) in [6, 6.07) is 6.35. The van der Waals surface area contributed by atoms with Crippen LogP contribution >= 0.6 is 0 Å². The van der Waals surface area contributed by atoms with Crippen molar-refractivity contribution < 1.29 is 0 Å². The van der Waals surface area contributed by atoms with Crippen LogP contribution in [0, 0.1) is 6.92 Å². The van der Waals surface area contributed by atoms with Gasteiger partial charge in [-0.1, -0.05) is 32.8 Å². The number of rotatable bonds is 5. The van der Waals surface area contributed by atoms with E-state index in [9.17, 15) is 0 Å². The van der Waals surface area contributed by atoms with E-state index >= 15 is 0 Å². The Hall–Kier alpha value is -0.850. The van der Waals surface area contributed by atoms with Crippen molar-refractivity contribution in [1.82, 2.24) is 4.98 Å². The lowest BCUT2D eigenvalue weighted by atomic mass is 9.95. The molecule has 0 saturated heterocycles. The third kappa shape index (κ3) is 3.13. The highest BCUT2D eigenvalue weighted by Gasteiger charge is 2.09. The molecule has 1 unspecified atom stereocenters. The van der Waals surface area contributed by atoms with Crippen LogP contribution < -0.4 is 0 Å². The van der Waals surface area contributed by atoms with E-state index in [2.05, 4.69) is 44.0 Å². The SMILES string of the molecule is CCCCC(CC)c1cccc(C)n1. The second-order valence-corrected chi connectivity index (χ2v) is 3.95. The highest BCUT2D eigenvalue weighted by atomic mass is 14.7. The van der Waals surface area contributed by atoms with Crippen LogP contribution in [-0.2, 0) is 0 Å². The Labute approximate surface area is 87.6 Å². The Morgan fingerprint density at radius 2 is 2.07 bits per heavy atom. The molecule has 1 heterocycles. The Morgan fingerprint density at radius 3 is 2.64 bits per heavy atom. The fourth-order valence-corrected chi connectivity index (χ4v) is 1.80. The van der Waals surface area contributed by atoms with E-state index in [1.807, 2.05) is 0 Å². The predicted octanol–water partition coefficient (Wildman–Crippen LogP) is 4.07. The van der Waals surface area contributed by atoms with Crippen LogP contribution in [0.2, 0.25) is 0 Å². The van der Waals surface area contributed by atoms with Gasteiger partial charge in [0.2, 0.25) is 0 Å². The summed E-state index contributed by atoms with van der Waals surface area (Å²) in [6.07, 6.45) is 5.08. The van der Waals surface area contributed by atoms with Crippen molar-refractivity contribution in [1.29, 1.82) is 0 Å². The summed E-state index contributed by atoms with van der Waals surface area (Å²) in [5, 5.41) is 0. The fraction of sp³-hybridized carbons (Fsp3) is 0.615. The quantitative estimate of drug-likeness (QED) is 0.683. The molecule has 0 bridgehead atoms. The number of aromatic nitrogens is 1. The summed E-state index contributed by atoms with van der Waals surface area (Å²) < 4.78 is 0. The van der Waals surface area contributed by atoms with Gasteiger partial charge in [-0.05, 0) is 31.9 Å². The zero-order chi connectivity index (χ0) is 10.4. The summed E-state index contributed by atoms with van der Waals surface area (Å²) in [5.41, 5.74) is 2.42. The first kappa shape index (κ1) is 11.2. The molecule has 1 nitrogen and oxygen atoms in total. The first-order valence-electron chi connectivity index (χ1n) is 5.71. The molecule has 1 atom stereocenters. The highest BCUT2D eigenvalue weighted by Crippen LogP contribution is 2.23. The number of hydrogen-bond acceptors (Lipinski definition) is 1. The lowest BCUT2D eigenvalue weighted by Crippen LogP contribution is -2.01. The van der Waals surface area contributed by atoms with Crippen molar-refractivity contribution in [2.75, 3.05) is 0 Å².